The zero-order valence-corrected chi connectivity index (χ0v) is 26.0. The van der Waals surface area contributed by atoms with Crippen molar-refractivity contribution in [2.75, 3.05) is 0 Å². The number of aliphatic hydroxyl groups is 9. The van der Waals surface area contributed by atoms with Crippen molar-refractivity contribution in [2.24, 2.45) is 5.92 Å². The maximum Gasteiger partial charge on any atom is 0.314 e. The van der Waals surface area contributed by atoms with Crippen LogP contribution >= 0.6 is 0 Å². The molecule has 0 aromatic rings. The molecule has 0 bridgehead atoms. The number of rotatable bonds is 3. The molecule has 1 aliphatic heterocycles. The van der Waals surface area contributed by atoms with Crippen LogP contribution in [0.5, 0.6) is 0 Å². The Bertz CT molecular complexity index is 959. The lowest BCUT2D eigenvalue weighted by Gasteiger charge is -2.29. The molecular formula is C33H54O11. The van der Waals surface area contributed by atoms with Gasteiger partial charge in [0.2, 0.25) is 0 Å². The zero-order chi connectivity index (χ0) is 33.2. The zero-order valence-electron chi connectivity index (χ0n) is 26.0. The Hall–Kier alpha value is -2.19. The fraction of sp³-hybridized carbons (Fsp3) is 0.667. The van der Waals surface area contributed by atoms with Crippen LogP contribution in [-0.2, 0) is 9.53 Å². The number of allylic oxidation sites excluding steroid dienone is 8. The van der Waals surface area contributed by atoms with Crippen LogP contribution in [0.3, 0.4) is 0 Å². The minimum Gasteiger partial charge on any atom is -0.459 e. The minimum atomic E-state index is -1.52. The van der Waals surface area contributed by atoms with Gasteiger partial charge in [-0.15, -0.1) is 0 Å². The summed E-state index contributed by atoms with van der Waals surface area (Å²) >= 11 is 0. The predicted molar refractivity (Wildman–Crippen MR) is 166 cm³/mol. The molecule has 0 unspecified atom stereocenters. The van der Waals surface area contributed by atoms with Crippen molar-refractivity contribution in [3.05, 3.63) is 60.3 Å². The van der Waals surface area contributed by atoms with E-state index in [2.05, 4.69) is 0 Å². The molecule has 1 rings (SSSR count). The summed E-state index contributed by atoms with van der Waals surface area (Å²) in [7, 11) is 0. The van der Waals surface area contributed by atoms with Crippen molar-refractivity contribution < 1.29 is 55.5 Å². The lowest BCUT2D eigenvalue weighted by Crippen LogP contribution is -2.43. The highest BCUT2D eigenvalue weighted by atomic mass is 16.6. The van der Waals surface area contributed by atoms with Gasteiger partial charge in [0.25, 0.3) is 0 Å². The van der Waals surface area contributed by atoms with Gasteiger partial charge in [0.05, 0.1) is 48.8 Å². The first-order valence-electron chi connectivity index (χ1n) is 15.4. The van der Waals surface area contributed by atoms with Crippen molar-refractivity contribution in [3.63, 3.8) is 0 Å². The van der Waals surface area contributed by atoms with E-state index < -0.39 is 72.9 Å². The highest BCUT2D eigenvalue weighted by molar-refractivity contribution is 5.74. The Kier molecular flexibility index (Phi) is 19.5. The van der Waals surface area contributed by atoms with E-state index in [-0.39, 0.29) is 44.9 Å². The third kappa shape index (κ3) is 16.2. The van der Waals surface area contributed by atoms with Crippen LogP contribution in [0.15, 0.2) is 60.3 Å². The molecule has 11 heteroatoms. The van der Waals surface area contributed by atoms with Crippen LogP contribution in [0.2, 0.25) is 0 Å². The van der Waals surface area contributed by atoms with Gasteiger partial charge in [-0.1, -0.05) is 68.0 Å². The molecule has 0 aliphatic carbocycles. The Morgan fingerprint density at radius 3 is 1.70 bits per heavy atom. The van der Waals surface area contributed by atoms with Gasteiger partial charge < -0.3 is 50.7 Å². The molecule has 44 heavy (non-hydrogen) atoms. The number of carbonyl (C=O) groups excluding carboxylic acids is 1. The smallest absolute Gasteiger partial charge is 0.314 e. The molecule has 0 saturated carbocycles. The fourth-order valence-corrected chi connectivity index (χ4v) is 4.96. The van der Waals surface area contributed by atoms with Crippen molar-refractivity contribution in [3.8, 4) is 0 Å². The van der Waals surface area contributed by atoms with Crippen LogP contribution in [-0.4, -0.2) is 113 Å². The van der Waals surface area contributed by atoms with E-state index in [1.807, 2.05) is 0 Å². The van der Waals surface area contributed by atoms with Gasteiger partial charge in [-0.05, 0) is 51.5 Å². The first-order valence-corrected chi connectivity index (χ1v) is 15.4. The second kappa shape index (κ2) is 21.5. The molecule has 11 nitrogen and oxygen atoms in total. The molecule has 0 aromatic carbocycles. The van der Waals surface area contributed by atoms with Crippen LogP contribution < -0.4 is 0 Å². The first kappa shape index (κ1) is 39.8. The number of ether oxygens (including phenoxy) is 1. The Morgan fingerprint density at radius 1 is 0.727 bits per heavy atom. The monoisotopic (exact) mass is 626 g/mol. The number of cyclic esters (lactones) is 1. The summed E-state index contributed by atoms with van der Waals surface area (Å²) < 4.78 is 5.36. The summed E-state index contributed by atoms with van der Waals surface area (Å²) in [6.07, 6.45) is 2.82. The van der Waals surface area contributed by atoms with Gasteiger partial charge in [0.1, 0.15) is 18.1 Å². The number of carbonyl (C=O) groups is 1. The lowest BCUT2D eigenvalue weighted by atomic mass is 9.88. The normalized spacial score (nSPS) is 35.7. The molecular weight excluding hydrogens is 572 g/mol. The first-order chi connectivity index (χ1) is 20.7. The van der Waals surface area contributed by atoms with Gasteiger partial charge in [0, 0.05) is 12.8 Å². The van der Waals surface area contributed by atoms with E-state index in [9.17, 15) is 50.8 Å². The largest absolute Gasteiger partial charge is 0.459 e. The Balaban J connectivity index is 3.12. The molecule has 0 saturated heterocycles. The standard InChI is InChI=1S/C33H54O11/c1-4-12-29(40)32-31(42)20-27(38)18-25(36)16-23(34)15-24(35)17-26(37)19-30(41)21(2)13-10-8-6-5-7-9-11-14-28(39)22(3)44-33(32)43/h5-11,13-14,22-32,34-42H,4,12,15-20H2,1-3H3/t22-,23-,24+,25-,26+,27+,28-,29-,30+,31+,32+/m0/s1. The average molecular weight is 627 g/mol. The molecule has 11 atom stereocenters. The van der Waals surface area contributed by atoms with Crippen LogP contribution in [0.25, 0.3) is 0 Å². The number of aliphatic hydroxyl groups excluding tert-OH is 9. The SMILES string of the molecule is CCC[C@H](O)[C@H]1C(=O)O[C@@H](C)[C@@H](O)C=CC=CC=CC=CC=C(C)[C@H](O)C[C@H](O)C[C@H](O)C[C@H](O)C[C@H](O)C[C@@H](O)C[C@H]1O. The quantitative estimate of drug-likeness (QED) is 0.203. The summed E-state index contributed by atoms with van der Waals surface area (Å²) in [6.45, 7) is 4.97. The molecule has 0 radical (unpaired) electrons. The fourth-order valence-electron chi connectivity index (χ4n) is 4.96. The average Bonchev–Trinajstić information content (AvgIpc) is 2.90. The maximum atomic E-state index is 13.0. The van der Waals surface area contributed by atoms with Crippen LogP contribution in [0.4, 0.5) is 0 Å². The van der Waals surface area contributed by atoms with E-state index in [4.69, 9.17) is 4.74 Å². The van der Waals surface area contributed by atoms with Crippen LogP contribution in [0.1, 0.15) is 72.1 Å². The molecule has 0 aromatic heterocycles. The second-order valence-corrected chi connectivity index (χ2v) is 11.7. The van der Waals surface area contributed by atoms with E-state index in [0.717, 1.165) is 0 Å². The van der Waals surface area contributed by atoms with Gasteiger partial charge in [-0.3, -0.25) is 4.79 Å². The summed E-state index contributed by atoms with van der Waals surface area (Å²) in [6, 6.07) is 0. The van der Waals surface area contributed by atoms with E-state index >= 15 is 0 Å². The summed E-state index contributed by atoms with van der Waals surface area (Å²) in [5.41, 5.74) is 0.608. The molecule has 9 N–H and O–H groups in total. The van der Waals surface area contributed by atoms with Gasteiger partial charge in [-0.2, -0.15) is 0 Å². The number of hydrogen-bond donors (Lipinski definition) is 9. The lowest BCUT2D eigenvalue weighted by molar-refractivity contribution is -0.168. The number of hydrogen-bond acceptors (Lipinski definition) is 11. The van der Waals surface area contributed by atoms with Gasteiger partial charge in [-0.25, -0.2) is 0 Å². The van der Waals surface area contributed by atoms with Crippen molar-refractivity contribution >= 4 is 5.97 Å². The molecule has 0 spiro atoms. The Morgan fingerprint density at radius 2 is 1.18 bits per heavy atom. The highest BCUT2D eigenvalue weighted by Crippen LogP contribution is 2.23. The van der Waals surface area contributed by atoms with E-state index in [1.54, 1.807) is 62.5 Å². The topological polar surface area (TPSA) is 208 Å². The van der Waals surface area contributed by atoms with Crippen molar-refractivity contribution in [1.82, 2.24) is 0 Å². The Labute approximate surface area is 260 Å². The van der Waals surface area contributed by atoms with Crippen LogP contribution in [0, 0.1) is 5.92 Å². The molecule has 0 fully saturated rings. The summed E-state index contributed by atoms with van der Waals surface area (Å²) in [5, 5.41) is 94.1. The second-order valence-electron chi connectivity index (χ2n) is 11.7. The van der Waals surface area contributed by atoms with E-state index in [0.29, 0.717) is 12.0 Å². The number of esters is 1. The van der Waals surface area contributed by atoms with Crippen molar-refractivity contribution in [2.45, 2.75) is 133 Å². The molecule has 0 amide bonds. The predicted octanol–water partition coefficient (Wildman–Crippen LogP) is 1.11. The highest BCUT2D eigenvalue weighted by Gasteiger charge is 2.37. The molecule has 1 aliphatic rings. The van der Waals surface area contributed by atoms with E-state index in [1.165, 1.54) is 13.0 Å². The summed E-state index contributed by atoms with van der Waals surface area (Å²) in [4.78, 5) is 13.0. The van der Waals surface area contributed by atoms with Gasteiger partial charge in [0.15, 0.2) is 0 Å². The molecule has 252 valence electrons. The van der Waals surface area contributed by atoms with Gasteiger partial charge >= 0.3 is 5.97 Å². The van der Waals surface area contributed by atoms with Crippen molar-refractivity contribution in [1.29, 1.82) is 0 Å². The molecule has 1 heterocycles. The summed E-state index contributed by atoms with van der Waals surface area (Å²) in [5.74, 6) is -2.34. The third-order valence-corrected chi connectivity index (χ3v) is 7.51. The minimum absolute atomic E-state index is 0.0165. The maximum absolute atomic E-state index is 13.0. The third-order valence-electron chi connectivity index (χ3n) is 7.51.